The van der Waals surface area contributed by atoms with Crippen LogP contribution in [-0.2, 0) is 9.59 Å². The van der Waals surface area contributed by atoms with Crippen LogP contribution in [0.15, 0.2) is 30.3 Å². The lowest BCUT2D eigenvalue weighted by molar-refractivity contribution is -0.156. The van der Waals surface area contributed by atoms with Gasteiger partial charge in [-0.2, -0.15) is 0 Å². The average molecular weight is 260 g/mol. The van der Waals surface area contributed by atoms with Crippen LogP contribution in [0.1, 0.15) is 24.3 Å². The summed E-state index contributed by atoms with van der Waals surface area (Å²) in [5.74, 6) is -3.18. The van der Waals surface area contributed by atoms with E-state index in [9.17, 15) is 19.8 Å². The van der Waals surface area contributed by atoms with Crippen LogP contribution in [-0.4, -0.2) is 22.2 Å². The van der Waals surface area contributed by atoms with Crippen LogP contribution in [0.4, 0.5) is 0 Å². The fourth-order valence-electron chi connectivity index (χ4n) is 4.14. The maximum atomic E-state index is 11.4. The largest absolute Gasteiger partial charge is 0.481 e. The van der Waals surface area contributed by atoms with Crippen molar-refractivity contribution in [3.63, 3.8) is 0 Å². The molecule has 0 radical (unpaired) electrons. The minimum atomic E-state index is -0.958. The maximum absolute atomic E-state index is 11.4. The molecule has 0 aromatic heterocycles. The van der Waals surface area contributed by atoms with Gasteiger partial charge in [-0.05, 0) is 36.2 Å². The SMILES string of the molecule is O=C(O)[C@@H]1[C@@H]2C[C@@H]([C@@H]1C(=O)O)[C@@H](c1ccccc1)C2. The van der Waals surface area contributed by atoms with Crippen molar-refractivity contribution in [1.29, 1.82) is 0 Å². The molecule has 19 heavy (non-hydrogen) atoms. The zero-order chi connectivity index (χ0) is 13.6. The third-order valence-electron chi connectivity index (χ3n) is 4.80. The second-order valence-electron chi connectivity index (χ2n) is 5.64. The molecular formula is C15H16O4. The monoisotopic (exact) mass is 260 g/mol. The fourth-order valence-corrected chi connectivity index (χ4v) is 4.14. The summed E-state index contributed by atoms with van der Waals surface area (Å²) >= 11 is 0. The zero-order valence-electron chi connectivity index (χ0n) is 10.4. The first kappa shape index (κ1) is 12.2. The van der Waals surface area contributed by atoms with Crippen LogP contribution >= 0.6 is 0 Å². The van der Waals surface area contributed by atoms with Crippen LogP contribution in [0.25, 0.3) is 0 Å². The molecule has 5 atom stereocenters. The quantitative estimate of drug-likeness (QED) is 0.873. The molecule has 2 aliphatic carbocycles. The standard InChI is InChI=1S/C15H16O4/c16-14(17)12-9-6-10(8-4-2-1-3-5-8)11(7-9)13(12)15(18)19/h1-5,9-13H,6-7H2,(H,16,17)(H,18,19)/t9-,10+,11+,12+,13-/m0/s1. The lowest BCUT2D eigenvalue weighted by Gasteiger charge is -2.31. The molecule has 0 heterocycles. The minimum Gasteiger partial charge on any atom is -0.481 e. The summed E-state index contributed by atoms with van der Waals surface area (Å²) < 4.78 is 0. The van der Waals surface area contributed by atoms with E-state index < -0.39 is 23.8 Å². The summed E-state index contributed by atoms with van der Waals surface area (Å²) in [4.78, 5) is 22.7. The van der Waals surface area contributed by atoms with Gasteiger partial charge in [-0.25, -0.2) is 0 Å². The highest BCUT2D eigenvalue weighted by atomic mass is 16.4. The lowest BCUT2D eigenvalue weighted by atomic mass is 9.71. The summed E-state index contributed by atoms with van der Waals surface area (Å²) in [7, 11) is 0. The minimum absolute atomic E-state index is 0.00815. The molecule has 2 fully saturated rings. The summed E-state index contributed by atoms with van der Waals surface area (Å²) in [5.41, 5.74) is 1.14. The Labute approximate surface area is 111 Å². The summed E-state index contributed by atoms with van der Waals surface area (Å²) in [5, 5.41) is 18.6. The molecule has 2 aliphatic rings. The second kappa shape index (κ2) is 4.37. The predicted molar refractivity (Wildman–Crippen MR) is 67.6 cm³/mol. The fraction of sp³-hybridized carbons (Fsp3) is 0.467. The van der Waals surface area contributed by atoms with Crippen molar-refractivity contribution in [2.24, 2.45) is 23.7 Å². The first-order valence-corrected chi connectivity index (χ1v) is 6.60. The molecule has 100 valence electrons. The van der Waals surface area contributed by atoms with Crippen molar-refractivity contribution >= 4 is 11.9 Å². The van der Waals surface area contributed by atoms with E-state index in [-0.39, 0.29) is 17.8 Å². The van der Waals surface area contributed by atoms with E-state index in [2.05, 4.69) is 0 Å². The van der Waals surface area contributed by atoms with Gasteiger partial charge < -0.3 is 10.2 Å². The number of benzene rings is 1. The van der Waals surface area contributed by atoms with Crippen molar-refractivity contribution in [1.82, 2.24) is 0 Å². The van der Waals surface area contributed by atoms with Crippen molar-refractivity contribution in [2.45, 2.75) is 18.8 Å². The number of carboxylic acids is 2. The number of fused-ring (bicyclic) bond motifs is 2. The van der Waals surface area contributed by atoms with E-state index in [0.717, 1.165) is 18.4 Å². The Morgan fingerprint density at radius 2 is 1.58 bits per heavy atom. The Morgan fingerprint density at radius 3 is 2.16 bits per heavy atom. The highest BCUT2D eigenvalue weighted by Crippen LogP contribution is 2.58. The van der Waals surface area contributed by atoms with E-state index in [1.165, 1.54) is 0 Å². The van der Waals surface area contributed by atoms with E-state index in [4.69, 9.17) is 0 Å². The topological polar surface area (TPSA) is 74.6 Å². The number of hydrogen-bond acceptors (Lipinski definition) is 2. The first-order valence-electron chi connectivity index (χ1n) is 6.60. The van der Waals surface area contributed by atoms with E-state index in [1.54, 1.807) is 0 Å². The summed E-state index contributed by atoms with van der Waals surface area (Å²) in [6.45, 7) is 0. The number of carbonyl (C=O) groups is 2. The Morgan fingerprint density at radius 1 is 0.947 bits per heavy atom. The van der Waals surface area contributed by atoms with Gasteiger partial charge in [0, 0.05) is 0 Å². The number of aliphatic carboxylic acids is 2. The lowest BCUT2D eigenvalue weighted by Crippen LogP contribution is -2.37. The van der Waals surface area contributed by atoms with Crippen molar-refractivity contribution < 1.29 is 19.8 Å². The van der Waals surface area contributed by atoms with Gasteiger partial charge in [-0.15, -0.1) is 0 Å². The van der Waals surface area contributed by atoms with Crippen molar-refractivity contribution in [3.8, 4) is 0 Å². The van der Waals surface area contributed by atoms with Gasteiger partial charge in [0.25, 0.3) is 0 Å². The predicted octanol–water partition coefficient (Wildman–Crippen LogP) is 2.21. The molecule has 2 N–H and O–H groups in total. The molecule has 0 aliphatic heterocycles. The maximum Gasteiger partial charge on any atom is 0.307 e. The van der Waals surface area contributed by atoms with Gasteiger partial charge in [0.1, 0.15) is 0 Å². The van der Waals surface area contributed by atoms with Crippen LogP contribution in [0, 0.1) is 23.7 Å². The van der Waals surface area contributed by atoms with Crippen molar-refractivity contribution in [3.05, 3.63) is 35.9 Å². The third-order valence-corrected chi connectivity index (χ3v) is 4.80. The Balaban J connectivity index is 1.92. The van der Waals surface area contributed by atoms with Gasteiger partial charge in [-0.1, -0.05) is 30.3 Å². The summed E-state index contributed by atoms with van der Waals surface area (Å²) in [6.07, 6.45) is 1.53. The Kier molecular flexibility index (Phi) is 2.81. The van der Waals surface area contributed by atoms with Gasteiger partial charge in [0.05, 0.1) is 11.8 Å². The third kappa shape index (κ3) is 1.82. The highest BCUT2D eigenvalue weighted by molar-refractivity contribution is 5.82. The normalized spacial score (nSPS) is 36.3. The molecule has 0 amide bonds. The molecule has 2 bridgehead atoms. The van der Waals surface area contributed by atoms with Gasteiger partial charge >= 0.3 is 11.9 Å². The first-order chi connectivity index (χ1) is 9.09. The highest BCUT2D eigenvalue weighted by Gasteiger charge is 2.58. The van der Waals surface area contributed by atoms with Crippen molar-refractivity contribution in [2.75, 3.05) is 0 Å². The second-order valence-corrected chi connectivity index (χ2v) is 5.64. The number of rotatable bonds is 3. The molecular weight excluding hydrogens is 244 g/mol. The smallest absolute Gasteiger partial charge is 0.307 e. The molecule has 1 aromatic rings. The van der Waals surface area contributed by atoms with Gasteiger partial charge in [0.15, 0.2) is 0 Å². The van der Waals surface area contributed by atoms with E-state index in [1.807, 2.05) is 30.3 Å². The average Bonchev–Trinajstić information content (AvgIpc) is 2.96. The van der Waals surface area contributed by atoms with Crippen LogP contribution in [0.2, 0.25) is 0 Å². The van der Waals surface area contributed by atoms with E-state index >= 15 is 0 Å². The number of carboxylic acid groups (broad SMARTS) is 2. The molecule has 0 saturated heterocycles. The molecule has 3 rings (SSSR count). The van der Waals surface area contributed by atoms with Crippen LogP contribution in [0.3, 0.4) is 0 Å². The Bertz CT molecular complexity index is 510. The molecule has 0 spiro atoms. The molecule has 1 aromatic carbocycles. The van der Waals surface area contributed by atoms with Crippen LogP contribution < -0.4 is 0 Å². The number of hydrogen-bond donors (Lipinski definition) is 2. The molecule has 4 nitrogen and oxygen atoms in total. The zero-order valence-corrected chi connectivity index (χ0v) is 10.4. The van der Waals surface area contributed by atoms with Gasteiger partial charge in [-0.3, -0.25) is 9.59 Å². The molecule has 2 saturated carbocycles. The van der Waals surface area contributed by atoms with Crippen LogP contribution in [0.5, 0.6) is 0 Å². The van der Waals surface area contributed by atoms with E-state index in [0.29, 0.717) is 0 Å². The summed E-state index contributed by atoms with van der Waals surface area (Å²) in [6, 6.07) is 9.86. The molecule has 4 heteroatoms. The Hall–Kier alpha value is -1.84. The molecule has 0 unspecified atom stereocenters. The van der Waals surface area contributed by atoms with Gasteiger partial charge in [0.2, 0.25) is 0 Å².